The molecule has 0 bridgehead atoms. The minimum atomic E-state index is -0.513. The van der Waals surface area contributed by atoms with Gasteiger partial charge in [-0.15, -0.1) is 0 Å². The van der Waals surface area contributed by atoms with Crippen LogP contribution in [0.2, 0.25) is 0 Å². The third-order valence-electron chi connectivity index (χ3n) is 7.29. The van der Waals surface area contributed by atoms with Crippen LogP contribution in [0.3, 0.4) is 0 Å². The summed E-state index contributed by atoms with van der Waals surface area (Å²) in [6.45, 7) is 4.59. The Labute approximate surface area is 206 Å². The number of nitrogens with zero attached hydrogens (tertiary/aromatic N) is 4. The van der Waals surface area contributed by atoms with E-state index < -0.39 is 5.54 Å². The molecule has 2 aromatic carbocycles. The maximum atomic E-state index is 12.5. The van der Waals surface area contributed by atoms with E-state index in [4.69, 9.17) is 15.0 Å². The maximum absolute atomic E-state index is 12.5. The predicted octanol–water partition coefficient (Wildman–Crippen LogP) is 3.62. The summed E-state index contributed by atoms with van der Waals surface area (Å²) in [6.07, 6.45) is 5.01. The van der Waals surface area contributed by atoms with Crippen LogP contribution in [0.15, 0.2) is 59.1 Å². The lowest BCUT2D eigenvalue weighted by atomic mass is 9.83. The zero-order valence-corrected chi connectivity index (χ0v) is 20.1. The maximum Gasteiger partial charge on any atom is 0.241 e. The molecule has 2 saturated heterocycles. The lowest BCUT2D eigenvalue weighted by Crippen LogP contribution is -2.63. The normalized spacial score (nSPS) is 18.9. The van der Waals surface area contributed by atoms with Gasteiger partial charge in [0, 0.05) is 18.7 Å². The highest BCUT2D eigenvalue weighted by Crippen LogP contribution is 2.32. The van der Waals surface area contributed by atoms with Gasteiger partial charge in [0.05, 0.1) is 6.54 Å². The number of hydrogen-bond acceptors (Lipinski definition) is 7. The van der Waals surface area contributed by atoms with Gasteiger partial charge in [0.2, 0.25) is 17.6 Å². The summed E-state index contributed by atoms with van der Waals surface area (Å²) in [7, 11) is 0. The van der Waals surface area contributed by atoms with E-state index in [9.17, 15) is 4.79 Å². The second-order valence-corrected chi connectivity index (χ2v) is 9.53. The first-order chi connectivity index (χ1) is 17.1. The number of ether oxygens (including phenoxy) is 1. The van der Waals surface area contributed by atoms with E-state index in [-0.39, 0.29) is 5.91 Å². The molecule has 8 heteroatoms. The number of likely N-dealkylation sites (tertiary alicyclic amines) is 2. The number of aromatic nitrogens is 2. The first-order valence-corrected chi connectivity index (χ1v) is 12.5. The molecule has 3 aromatic rings. The highest BCUT2D eigenvalue weighted by Gasteiger charge is 2.45. The molecule has 0 aliphatic carbocycles. The van der Waals surface area contributed by atoms with Crippen LogP contribution in [-0.2, 0) is 17.9 Å². The van der Waals surface area contributed by atoms with Crippen molar-refractivity contribution in [1.29, 1.82) is 0 Å². The van der Waals surface area contributed by atoms with E-state index in [0.717, 1.165) is 68.7 Å². The predicted molar refractivity (Wildman–Crippen MR) is 132 cm³/mol. The van der Waals surface area contributed by atoms with E-state index >= 15 is 0 Å². The Bertz CT molecular complexity index is 1100. The average Bonchev–Trinajstić information content (AvgIpc) is 3.38. The van der Waals surface area contributed by atoms with Crippen LogP contribution >= 0.6 is 0 Å². The highest BCUT2D eigenvalue weighted by molar-refractivity contribution is 5.84. The molecule has 184 valence electrons. The molecule has 1 aromatic heterocycles. The van der Waals surface area contributed by atoms with Gasteiger partial charge in [-0.25, -0.2) is 0 Å². The molecule has 0 saturated carbocycles. The topological polar surface area (TPSA) is 97.7 Å². The molecule has 1 amide bonds. The quantitative estimate of drug-likeness (QED) is 0.531. The molecule has 3 heterocycles. The zero-order valence-electron chi connectivity index (χ0n) is 20.1. The van der Waals surface area contributed by atoms with Crippen LogP contribution in [0.1, 0.15) is 43.6 Å². The lowest BCUT2D eigenvalue weighted by Gasteiger charge is -2.47. The smallest absolute Gasteiger partial charge is 0.241 e. The van der Waals surface area contributed by atoms with Gasteiger partial charge in [0.25, 0.3) is 0 Å². The standard InChI is InChI=1S/C27H33N5O3/c28-26(33)27(32-15-5-2-6-16-32)13-17-31(18-14-27)19-24-29-25(30-35-24)22-9-11-23(12-10-22)34-20-21-7-3-1-4-8-21/h1,3-4,7-12H,2,5-6,13-20H2,(H2,28,33). The third-order valence-corrected chi connectivity index (χ3v) is 7.29. The monoisotopic (exact) mass is 475 g/mol. The van der Waals surface area contributed by atoms with Crippen molar-refractivity contribution in [1.82, 2.24) is 19.9 Å². The third kappa shape index (κ3) is 5.39. The molecular formula is C27H33N5O3. The number of piperidine rings is 2. The first-order valence-electron chi connectivity index (χ1n) is 12.5. The fourth-order valence-electron chi connectivity index (χ4n) is 5.19. The Balaban J connectivity index is 1.16. The van der Waals surface area contributed by atoms with Gasteiger partial charge in [0.1, 0.15) is 17.9 Å². The van der Waals surface area contributed by atoms with Crippen LogP contribution in [0.4, 0.5) is 0 Å². The second-order valence-electron chi connectivity index (χ2n) is 9.53. The Morgan fingerprint density at radius 2 is 1.69 bits per heavy atom. The molecule has 0 spiro atoms. The molecule has 0 radical (unpaired) electrons. The Morgan fingerprint density at radius 1 is 0.971 bits per heavy atom. The Hall–Kier alpha value is -3.23. The molecule has 5 rings (SSSR count). The SMILES string of the molecule is NC(=O)C1(N2CCCCC2)CCN(Cc2nc(-c3ccc(OCc4ccccc4)cc3)no2)CC1. The molecule has 2 aliphatic rings. The summed E-state index contributed by atoms with van der Waals surface area (Å²) >= 11 is 0. The van der Waals surface area contributed by atoms with Gasteiger partial charge in [0.15, 0.2) is 0 Å². The number of amides is 1. The van der Waals surface area contributed by atoms with E-state index in [0.29, 0.717) is 24.9 Å². The van der Waals surface area contributed by atoms with Crippen LogP contribution in [0.25, 0.3) is 11.4 Å². The Morgan fingerprint density at radius 3 is 2.37 bits per heavy atom. The summed E-state index contributed by atoms with van der Waals surface area (Å²) in [5.74, 6) is 1.75. The molecule has 2 aliphatic heterocycles. The van der Waals surface area contributed by atoms with Crippen molar-refractivity contribution < 1.29 is 14.1 Å². The van der Waals surface area contributed by atoms with Gasteiger partial charge < -0.3 is 15.0 Å². The number of carbonyl (C=O) groups is 1. The zero-order chi connectivity index (χ0) is 24.1. The van der Waals surface area contributed by atoms with E-state index in [2.05, 4.69) is 19.9 Å². The van der Waals surface area contributed by atoms with E-state index in [1.807, 2.05) is 54.6 Å². The van der Waals surface area contributed by atoms with Crippen LogP contribution in [-0.4, -0.2) is 57.6 Å². The molecule has 0 atom stereocenters. The summed E-state index contributed by atoms with van der Waals surface area (Å²) < 4.78 is 11.4. The molecule has 8 nitrogen and oxygen atoms in total. The molecule has 0 unspecified atom stereocenters. The first kappa shape index (κ1) is 23.5. The Kier molecular flexibility index (Phi) is 7.11. The van der Waals surface area contributed by atoms with Crippen LogP contribution in [0, 0.1) is 0 Å². The highest BCUT2D eigenvalue weighted by atomic mass is 16.5. The van der Waals surface area contributed by atoms with Gasteiger partial charge >= 0.3 is 0 Å². The molecule has 35 heavy (non-hydrogen) atoms. The minimum Gasteiger partial charge on any atom is -0.489 e. The number of carbonyl (C=O) groups excluding carboxylic acids is 1. The summed E-state index contributed by atoms with van der Waals surface area (Å²) in [4.78, 5) is 21.6. The number of benzene rings is 2. The van der Waals surface area contributed by atoms with Gasteiger partial charge in [-0.1, -0.05) is 41.9 Å². The average molecular weight is 476 g/mol. The summed E-state index contributed by atoms with van der Waals surface area (Å²) in [5, 5.41) is 4.17. The summed E-state index contributed by atoms with van der Waals surface area (Å²) in [6, 6.07) is 17.8. The molecule has 2 fully saturated rings. The number of nitrogens with two attached hydrogens (primary N) is 1. The van der Waals surface area contributed by atoms with E-state index in [1.54, 1.807) is 0 Å². The minimum absolute atomic E-state index is 0.185. The van der Waals surface area contributed by atoms with Crippen LogP contribution in [0.5, 0.6) is 5.75 Å². The van der Waals surface area contributed by atoms with Crippen LogP contribution < -0.4 is 10.5 Å². The number of hydrogen-bond donors (Lipinski definition) is 1. The molecule has 2 N–H and O–H groups in total. The largest absolute Gasteiger partial charge is 0.489 e. The second kappa shape index (κ2) is 10.6. The van der Waals surface area contributed by atoms with Gasteiger partial charge in [-0.05, 0) is 68.6 Å². The lowest BCUT2D eigenvalue weighted by molar-refractivity contribution is -0.135. The van der Waals surface area contributed by atoms with Crippen molar-refractivity contribution in [3.05, 3.63) is 66.1 Å². The van der Waals surface area contributed by atoms with E-state index in [1.165, 1.54) is 6.42 Å². The fourth-order valence-corrected chi connectivity index (χ4v) is 5.19. The van der Waals surface area contributed by atoms with Crippen molar-refractivity contribution in [2.75, 3.05) is 26.2 Å². The van der Waals surface area contributed by atoms with Gasteiger partial charge in [-0.2, -0.15) is 4.98 Å². The summed E-state index contributed by atoms with van der Waals surface area (Å²) in [5.41, 5.74) is 7.40. The van der Waals surface area contributed by atoms with Crippen molar-refractivity contribution in [2.24, 2.45) is 5.73 Å². The van der Waals surface area contributed by atoms with Crippen molar-refractivity contribution in [2.45, 2.75) is 50.8 Å². The number of rotatable bonds is 8. The fraction of sp³-hybridized carbons (Fsp3) is 0.444. The number of primary amides is 1. The molecular weight excluding hydrogens is 442 g/mol. The van der Waals surface area contributed by atoms with Crippen molar-refractivity contribution >= 4 is 5.91 Å². The van der Waals surface area contributed by atoms with Gasteiger partial charge in [-0.3, -0.25) is 14.6 Å². The van der Waals surface area contributed by atoms with Crippen molar-refractivity contribution in [3.8, 4) is 17.1 Å². The van der Waals surface area contributed by atoms with Crippen molar-refractivity contribution in [3.63, 3.8) is 0 Å².